The highest BCUT2D eigenvalue weighted by Gasteiger charge is 2.61. The van der Waals surface area contributed by atoms with E-state index in [1.807, 2.05) is 0 Å². The van der Waals surface area contributed by atoms with E-state index in [2.05, 4.69) is 30.7 Å². The molecule has 86 valence electrons. The molecule has 0 amide bonds. The molecule has 1 aromatic heterocycles. The monoisotopic (exact) mass is 218 g/mol. The smallest absolute Gasteiger partial charge is 0.0868 e. The van der Waals surface area contributed by atoms with Gasteiger partial charge in [0.1, 0.15) is 0 Å². The highest BCUT2D eigenvalue weighted by Crippen LogP contribution is 2.66. The van der Waals surface area contributed by atoms with Crippen LogP contribution in [0.25, 0.3) is 0 Å². The summed E-state index contributed by atoms with van der Waals surface area (Å²) in [5.41, 5.74) is 3.41. The molecule has 0 radical (unpaired) electrons. The quantitative estimate of drug-likeness (QED) is 0.785. The van der Waals surface area contributed by atoms with E-state index in [1.54, 1.807) is 6.20 Å². The Balaban J connectivity index is 2.23. The van der Waals surface area contributed by atoms with Crippen LogP contribution in [0.5, 0.6) is 0 Å². The normalized spacial score (nSPS) is 34.1. The van der Waals surface area contributed by atoms with Crippen LogP contribution in [0.1, 0.15) is 56.6 Å². The molecular weight excluding hydrogens is 200 g/mol. The molecule has 1 fully saturated rings. The zero-order chi connectivity index (χ0) is 11.6. The summed E-state index contributed by atoms with van der Waals surface area (Å²) in [4.78, 5) is 9.14. The summed E-state index contributed by atoms with van der Waals surface area (Å²) in [7, 11) is 0. The molecule has 1 aromatic rings. The second-order valence-electron chi connectivity index (χ2n) is 5.90. The molecule has 2 aliphatic rings. The SMILES string of the molecule is CC12CCC(c3ncc(CO)nc31)C2(C)C. The van der Waals surface area contributed by atoms with Crippen LogP contribution in [0.2, 0.25) is 0 Å². The first-order chi connectivity index (χ1) is 7.50. The molecule has 3 heteroatoms. The fourth-order valence-electron chi connectivity index (χ4n) is 3.57. The molecule has 2 unspecified atom stereocenters. The second kappa shape index (κ2) is 2.83. The van der Waals surface area contributed by atoms with E-state index in [9.17, 15) is 0 Å². The van der Waals surface area contributed by atoms with Crippen LogP contribution in [-0.2, 0) is 12.0 Å². The Morgan fingerprint density at radius 1 is 1.44 bits per heavy atom. The molecule has 16 heavy (non-hydrogen) atoms. The van der Waals surface area contributed by atoms with Crippen LogP contribution in [0, 0.1) is 5.41 Å². The van der Waals surface area contributed by atoms with Crippen molar-refractivity contribution in [3.8, 4) is 0 Å². The fraction of sp³-hybridized carbons (Fsp3) is 0.692. The summed E-state index contributed by atoms with van der Waals surface area (Å²) in [6, 6.07) is 0. The maximum atomic E-state index is 9.15. The van der Waals surface area contributed by atoms with Gasteiger partial charge in [0.2, 0.25) is 0 Å². The van der Waals surface area contributed by atoms with Crippen molar-refractivity contribution < 1.29 is 5.11 Å². The Bertz CT molecular complexity index is 455. The minimum Gasteiger partial charge on any atom is -0.390 e. The van der Waals surface area contributed by atoms with Gasteiger partial charge in [-0.3, -0.25) is 9.97 Å². The van der Waals surface area contributed by atoms with E-state index in [0.717, 1.165) is 5.69 Å². The van der Waals surface area contributed by atoms with E-state index in [4.69, 9.17) is 5.11 Å². The molecule has 3 nitrogen and oxygen atoms in total. The molecule has 1 saturated carbocycles. The predicted molar refractivity (Wildman–Crippen MR) is 61.1 cm³/mol. The molecule has 1 heterocycles. The highest BCUT2D eigenvalue weighted by molar-refractivity contribution is 5.41. The number of fused-ring (bicyclic) bond motifs is 5. The first-order valence-electron chi connectivity index (χ1n) is 5.98. The lowest BCUT2D eigenvalue weighted by Crippen LogP contribution is -2.32. The summed E-state index contributed by atoms with van der Waals surface area (Å²) >= 11 is 0. The van der Waals surface area contributed by atoms with Crippen LogP contribution in [0.3, 0.4) is 0 Å². The molecule has 2 bridgehead atoms. The van der Waals surface area contributed by atoms with Gasteiger partial charge in [-0.15, -0.1) is 0 Å². The molecule has 0 saturated heterocycles. The first kappa shape index (κ1) is 10.2. The minimum absolute atomic E-state index is 0.0124. The number of rotatable bonds is 1. The average Bonchev–Trinajstić information content (AvgIpc) is 2.59. The molecule has 0 aromatic carbocycles. The van der Waals surface area contributed by atoms with Crippen molar-refractivity contribution in [3.63, 3.8) is 0 Å². The van der Waals surface area contributed by atoms with Crippen molar-refractivity contribution in [3.05, 3.63) is 23.3 Å². The number of aromatic nitrogens is 2. The standard InChI is InChI=1S/C13H18N2O/c1-12(2)9-4-5-13(12,3)11-10(9)14-6-8(7-16)15-11/h6,9,16H,4-5,7H2,1-3H3. The Hall–Kier alpha value is -0.960. The lowest BCUT2D eigenvalue weighted by Gasteiger charge is -2.34. The zero-order valence-corrected chi connectivity index (χ0v) is 10.1. The van der Waals surface area contributed by atoms with Crippen LogP contribution in [0.15, 0.2) is 6.20 Å². The van der Waals surface area contributed by atoms with Crippen LogP contribution < -0.4 is 0 Å². The van der Waals surface area contributed by atoms with E-state index >= 15 is 0 Å². The number of hydrogen-bond donors (Lipinski definition) is 1. The second-order valence-corrected chi connectivity index (χ2v) is 5.90. The molecule has 3 rings (SSSR count). The molecular formula is C13H18N2O. The predicted octanol–water partition coefficient (Wildman–Crippen LogP) is 2.14. The van der Waals surface area contributed by atoms with Crippen molar-refractivity contribution in [2.75, 3.05) is 0 Å². The number of hydrogen-bond acceptors (Lipinski definition) is 3. The third kappa shape index (κ3) is 0.932. The first-order valence-corrected chi connectivity index (χ1v) is 5.98. The van der Waals surface area contributed by atoms with Gasteiger partial charge >= 0.3 is 0 Å². The number of nitrogens with zero attached hydrogens (tertiary/aromatic N) is 2. The number of aliphatic hydroxyl groups is 1. The van der Waals surface area contributed by atoms with Gasteiger partial charge in [-0.25, -0.2) is 0 Å². The summed E-state index contributed by atoms with van der Waals surface area (Å²) in [6.45, 7) is 6.94. The van der Waals surface area contributed by atoms with E-state index < -0.39 is 0 Å². The van der Waals surface area contributed by atoms with Gasteiger partial charge < -0.3 is 5.11 Å². The maximum absolute atomic E-state index is 9.15. The fourth-order valence-corrected chi connectivity index (χ4v) is 3.57. The van der Waals surface area contributed by atoms with Crippen molar-refractivity contribution in [2.45, 2.75) is 51.6 Å². The molecule has 2 atom stereocenters. The topological polar surface area (TPSA) is 46.0 Å². The molecule has 0 aliphatic heterocycles. The van der Waals surface area contributed by atoms with E-state index in [-0.39, 0.29) is 17.4 Å². The minimum atomic E-state index is -0.0124. The van der Waals surface area contributed by atoms with Gasteiger partial charge in [-0.05, 0) is 18.3 Å². The molecule has 2 aliphatic carbocycles. The van der Waals surface area contributed by atoms with Crippen molar-refractivity contribution in [2.24, 2.45) is 5.41 Å². The van der Waals surface area contributed by atoms with Crippen molar-refractivity contribution in [1.82, 2.24) is 9.97 Å². The summed E-state index contributed by atoms with van der Waals surface area (Å²) in [5, 5.41) is 9.15. The maximum Gasteiger partial charge on any atom is 0.0868 e. The Labute approximate surface area is 95.9 Å². The van der Waals surface area contributed by atoms with Crippen molar-refractivity contribution >= 4 is 0 Å². The summed E-state index contributed by atoms with van der Waals surface area (Å²) in [5.74, 6) is 0.549. The van der Waals surface area contributed by atoms with Gasteiger partial charge in [0.15, 0.2) is 0 Å². The largest absolute Gasteiger partial charge is 0.390 e. The summed E-state index contributed by atoms with van der Waals surface area (Å²) < 4.78 is 0. The zero-order valence-electron chi connectivity index (χ0n) is 10.1. The number of aliphatic hydroxyl groups excluding tert-OH is 1. The van der Waals surface area contributed by atoms with E-state index in [0.29, 0.717) is 11.6 Å². The van der Waals surface area contributed by atoms with Gasteiger partial charge in [0.25, 0.3) is 0 Å². The van der Waals surface area contributed by atoms with Gasteiger partial charge in [0.05, 0.1) is 29.9 Å². The van der Waals surface area contributed by atoms with Crippen LogP contribution in [0.4, 0.5) is 0 Å². The summed E-state index contributed by atoms with van der Waals surface area (Å²) in [6.07, 6.45) is 4.14. The average molecular weight is 218 g/mol. The van der Waals surface area contributed by atoms with E-state index in [1.165, 1.54) is 18.5 Å². The lowest BCUT2D eigenvalue weighted by molar-refractivity contribution is 0.225. The third-order valence-corrected chi connectivity index (χ3v) is 5.09. The van der Waals surface area contributed by atoms with Crippen LogP contribution in [-0.4, -0.2) is 15.1 Å². The van der Waals surface area contributed by atoms with Crippen LogP contribution >= 0.6 is 0 Å². The Morgan fingerprint density at radius 2 is 2.19 bits per heavy atom. The molecule has 1 N–H and O–H groups in total. The van der Waals surface area contributed by atoms with Gasteiger partial charge in [-0.1, -0.05) is 20.8 Å². The van der Waals surface area contributed by atoms with Crippen molar-refractivity contribution in [1.29, 1.82) is 0 Å². The Morgan fingerprint density at radius 3 is 2.88 bits per heavy atom. The van der Waals surface area contributed by atoms with Gasteiger partial charge in [-0.2, -0.15) is 0 Å². The van der Waals surface area contributed by atoms with Gasteiger partial charge in [0, 0.05) is 11.3 Å². The Kier molecular flexibility index (Phi) is 1.81. The molecule has 0 spiro atoms. The third-order valence-electron chi connectivity index (χ3n) is 5.09. The highest BCUT2D eigenvalue weighted by atomic mass is 16.3. The lowest BCUT2D eigenvalue weighted by atomic mass is 9.70.